The Bertz CT molecular complexity index is 700. The molecule has 0 bridgehead atoms. The van der Waals surface area contributed by atoms with Crippen molar-refractivity contribution < 1.29 is 4.74 Å². The Morgan fingerprint density at radius 1 is 0.950 bits per heavy atom. The van der Waals surface area contributed by atoms with Gasteiger partial charge in [0.1, 0.15) is 5.75 Å². The van der Waals surface area contributed by atoms with Crippen molar-refractivity contribution in [1.82, 2.24) is 9.78 Å². The molecule has 100 valence electrons. The molecule has 0 amide bonds. The van der Waals surface area contributed by atoms with Gasteiger partial charge in [0.15, 0.2) is 0 Å². The van der Waals surface area contributed by atoms with Crippen LogP contribution in [0.5, 0.6) is 5.75 Å². The summed E-state index contributed by atoms with van der Waals surface area (Å²) < 4.78 is 7.10. The lowest BCUT2D eigenvalue weighted by Crippen LogP contribution is -1.94. The van der Waals surface area contributed by atoms with Crippen molar-refractivity contribution in [1.29, 1.82) is 0 Å². The van der Waals surface area contributed by atoms with Gasteiger partial charge in [-0.05, 0) is 48.9 Å². The molecule has 3 heteroatoms. The van der Waals surface area contributed by atoms with Crippen LogP contribution in [0.1, 0.15) is 5.56 Å². The lowest BCUT2D eigenvalue weighted by Gasteiger charge is -2.02. The maximum Gasteiger partial charge on any atom is 0.118 e. The van der Waals surface area contributed by atoms with Crippen molar-refractivity contribution >= 4 is 0 Å². The zero-order valence-electron chi connectivity index (χ0n) is 11.6. The molecule has 3 rings (SSSR count). The predicted octanol–water partition coefficient (Wildman–Crippen LogP) is 3.86. The van der Waals surface area contributed by atoms with Crippen LogP contribution in [0, 0.1) is 6.92 Å². The molecule has 0 aliphatic rings. The van der Waals surface area contributed by atoms with Gasteiger partial charge in [-0.3, -0.25) is 0 Å². The highest BCUT2D eigenvalue weighted by atomic mass is 16.5. The van der Waals surface area contributed by atoms with E-state index in [1.54, 1.807) is 7.11 Å². The maximum absolute atomic E-state index is 5.18. The van der Waals surface area contributed by atoms with E-state index in [0.29, 0.717) is 0 Å². The fraction of sp³-hybridized carbons (Fsp3) is 0.118. The maximum atomic E-state index is 5.18. The van der Waals surface area contributed by atoms with E-state index in [2.05, 4.69) is 18.2 Å². The van der Waals surface area contributed by atoms with Gasteiger partial charge in [-0.2, -0.15) is 5.10 Å². The number of hydrogen-bond donors (Lipinski definition) is 0. The van der Waals surface area contributed by atoms with E-state index in [1.165, 1.54) is 0 Å². The average Bonchev–Trinajstić information content (AvgIpc) is 2.90. The minimum Gasteiger partial charge on any atom is -0.497 e. The number of para-hydroxylation sites is 1. The van der Waals surface area contributed by atoms with Gasteiger partial charge >= 0.3 is 0 Å². The highest BCUT2D eigenvalue weighted by Gasteiger charge is 2.08. The minimum atomic E-state index is 0.855. The number of rotatable bonds is 3. The average molecular weight is 264 g/mol. The summed E-state index contributed by atoms with van der Waals surface area (Å²) in [5.74, 6) is 0.855. The van der Waals surface area contributed by atoms with Crippen LogP contribution in [-0.4, -0.2) is 16.9 Å². The number of nitrogens with zero attached hydrogens (tertiary/aromatic N) is 2. The molecule has 3 aromatic rings. The number of aromatic nitrogens is 2. The van der Waals surface area contributed by atoms with E-state index >= 15 is 0 Å². The van der Waals surface area contributed by atoms with E-state index in [1.807, 2.05) is 59.3 Å². The second-order valence-corrected chi connectivity index (χ2v) is 4.67. The lowest BCUT2D eigenvalue weighted by molar-refractivity contribution is 0.415. The highest BCUT2D eigenvalue weighted by Crippen LogP contribution is 2.24. The van der Waals surface area contributed by atoms with Gasteiger partial charge in [0.25, 0.3) is 0 Å². The van der Waals surface area contributed by atoms with Crippen molar-refractivity contribution in [2.24, 2.45) is 0 Å². The van der Waals surface area contributed by atoms with Crippen LogP contribution in [0.2, 0.25) is 0 Å². The standard InChI is InChI=1S/C17H16N2O/c1-13-12-19(15-6-4-3-5-7-15)18-17(13)14-8-10-16(20-2)11-9-14/h3-12H,1-2H3. The topological polar surface area (TPSA) is 27.1 Å². The Balaban J connectivity index is 2.00. The predicted molar refractivity (Wildman–Crippen MR) is 80.3 cm³/mol. The summed E-state index contributed by atoms with van der Waals surface area (Å²) >= 11 is 0. The van der Waals surface area contributed by atoms with Crippen LogP contribution in [0.15, 0.2) is 60.8 Å². The number of methoxy groups -OCH3 is 1. The Hall–Kier alpha value is -2.55. The van der Waals surface area contributed by atoms with Crippen LogP contribution in [0.3, 0.4) is 0 Å². The Morgan fingerprint density at radius 2 is 1.65 bits per heavy atom. The van der Waals surface area contributed by atoms with Gasteiger partial charge < -0.3 is 4.74 Å². The van der Waals surface area contributed by atoms with Gasteiger partial charge in [-0.25, -0.2) is 4.68 Å². The molecule has 0 N–H and O–H groups in total. The Kier molecular flexibility index (Phi) is 3.25. The first-order chi connectivity index (χ1) is 9.78. The number of hydrogen-bond acceptors (Lipinski definition) is 2. The van der Waals surface area contributed by atoms with Crippen molar-refractivity contribution in [3.63, 3.8) is 0 Å². The molecule has 20 heavy (non-hydrogen) atoms. The summed E-state index contributed by atoms with van der Waals surface area (Å²) in [6.07, 6.45) is 2.05. The fourth-order valence-corrected chi connectivity index (χ4v) is 2.21. The van der Waals surface area contributed by atoms with Crippen molar-refractivity contribution in [3.05, 3.63) is 66.4 Å². The third-order valence-electron chi connectivity index (χ3n) is 3.28. The number of aryl methyl sites for hydroxylation is 1. The third-order valence-corrected chi connectivity index (χ3v) is 3.28. The van der Waals surface area contributed by atoms with Crippen LogP contribution in [0.4, 0.5) is 0 Å². The molecule has 0 spiro atoms. The van der Waals surface area contributed by atoms with E-state index in [-0.39, 0.29) is 0 Å². The zero-order valence-corrected chi connectivity index (χ0v) is 11.6. The van der Waals surface area contributed by atoms with Crippen LogP contribution < -0.4 is 4.74 Å². The normalized spacial score (nSPS) is 10.5. The third kappa shape index (κ3) is 2.30. The van der Waals surface area contributed by atoms with Gasteiger partial charge in [0.05, 0.1) is 18.5 Å². The molecule has 0 atom stereocenters. The van der Waals surface area contributed by atoms with E-state index in [4.69, 9.17) is 4.74 Å². The SMILES string of the molecule is COc1ccc(-c2nn(-c3ccccc3)cc2C)cc1. The molecule has 1 heterocycles. The molecule has 0 saturated heterocycles. The van der Waals surface area contributed by atoms with E-state index in [9.17, 15) is 0 Å². The molecule has 0 fully saturated rings. The highest BCUT2D eigenvalue weighted by molar-refractivity contribution is 5.63. The first kappa shape index (κ1) is 12.5. The molecule has 0 aliphatic carbocycles. The molecule has 0 saturated carbocycles. The first-order valence-corrected chi connectivity index (χ1v) is 6.54. The van der Waals surface area contributed by atoms with Gasteiger partial charge in [-0.15, -0.1) is 0 Å². The minimum absolute atomic E-state index is 0.855. The molecular weight excluding hydrogens is 248 g/mol. The molecule has 2 aromatic carbocycles. The van der Waals surface area contributed by atoms with Crippen LogP contribution in [0.25, 0.3) is 16.9 Å². The smallest absolute Gasteiger partial charge is 0.118 e. The lowest BCUT2D eigenvalue weighted by atomic mass is 10.1. The van der Waals surface area contributed by atoms with Crippen LogP contribution in [-0.2, 0) is 0 Å². The van der Waals surface area contributed by atoms with Gasteiger partial charge in [0.2, 0.25) is 0 Å². The van der Waals surface area contributed by atoms with Crippen molar-refractivity contribution in [2.45, 2.75) is 6.92 Å². The molecule has 1 aromatic heterocycles. The van der Waals surface area contributed by atoms with Gasteiger partial charge in [0, 0.05) is 11.8 Å². The van der Waals surface area contributed by atoms with E-state index < -0.39 is 0 Å². The summed E-state index contributed by atoms with van der Waals surface area (Å²) in [4.78, 5) is 0. The van der Waals surface area contributed by atoms with Crippen molar-refractivity contribution in [3.8, 4) is 22.7 Å². The number of benzene rings is 2. The molecular formula is C17H16N2O. The summed E-state index contributed by atoms with van der Waals surface area (Å²) in [6, 6.07) is 18.1. The Morgan fingerprint density at radius 3 is 2.30 bits per heavy atom. The summed E-state index contributed by atoms with van der Waals surface area (Å²) in [7, 11) is 1.67. The first-order valence-electron chi connectivity index (χ1n) is 6.54. The second-order valence-electron chi connectivity index (χ2n) is 4.67. The fourth-order valence-electron chi connectivity index (χ4n) is 2.21. The summed E-state index contributed by atoms with van der Waals surface area (Å²) in [5, 5.41) is 4.68. The zero-order chi connectivity index (χ0) is 13.9. The molecule has 0 aliphatic heterocycles. The quantitative estimate of drug-likeness (QED) is 0.718. The Labute approximate surface area is 118 Å². The van der Waals surface area contributed by atoms with E-state index in [0.717, 1.165) is 28.3 Å². The van der Waals surface area contributed by atoms with Crippen molar-refractivity contribution in [2.75, 3.05) is 7.11 Å². The monoisotopic (exact) mass is 264 g/mol. The summed E-state index contributed by atoms with van der Waals surface area (Å²) in [5.41, 5.74) is 4.31. The number of ether oxygens (including phenoxy) is 1. The van der Waals surface area contributed by atoms with Gasteiger partial charge in [-0.1, -0.05) is 18.2 Å². The molecule has 0 unspecified atom stereocenters. The van der Waals surface area contributed by atoms with Crippen LogP contribution >= 0.6 is 0 Å². The second kappa shape index (κ2) is 5.21. The summed E-state index contributed by atoms with van der Waals surface area (Å²) in [6.45, 7) is 2.08. The molecule has 0 radical (unpaired) electrons. The largest absolute Gasteiger partial charge is 0.497 e. The molecule has 3 nitrogen and oxygen atoms in total.